The Balaban J connectivity index is 1.38. The summed E-state index contributed by atoms with van der Waals surface area (Å²) >= 11 is 6.15. The third kappa shape index (κ3) is 3.85. The number of furan rings is 1. The van der Waals surface area contributed by atoms with Gasteiger partial charge < -0.3 is 19.5 Å². The summed E-state index contributed by atoms with van der Waals surface area (Å²) < 4.78 is 5.57. The Morgan fingerprint density at radius 1 is 1.06 bits per heavy atom. The lowest BCUT2D eigenvalue weighted by Crippen LogP contribution is -2.47. The van der Waals surface area contributed by atoms with E-state index in [-0.39, 0.29) is 11.7 Å². The largest absolute Gasteiger partial charge is 0.469 e. The van der Waals surface area contributed by atoms with E-state index in [0.717, 1.165) is 48.3 Å². The highest BCUT2D eigenvalue weighted by Gasteiger charge is 2.33. The standard InChI is InChI=1S/C23H24ClN5O2/c1-25-22-21-18(12-15(13-19(21)30)20-6-3-11-31-20)26-23(27-22)29-9-7-28(8-10-29)17-5-2-4-16(24)14-17/h2-6,11,14-15H,7-10,12-13H2,1H3,(H,25,26,27)/t15-/m0/s1. The predicted octanol–water partition coefficient (Wildman–Crippen LogP) is 4.00. The van der Waals surface area contributed by atoms with Crippen LogP contribution < -0.4 is 15.1 Å². The molecule has 2 aromatic heterocycles. The Labute approximate surface area is 186 Å². The zero-order valence-corrected chi connectivity index (χ0v) is 18.1. The molecule has 3 aromatic rings. The summed E-state index contributed by atoms with van der Waals surface area (Å²) in [5.41, 5.74) is 2.54. The molecular formula is C23H24ClN5O2. The summed E-state index contributed by atoms with van der Waals surface area (Å²) in [6, 6.07) is 11.7. The number of nitrogens with zero attached hydrogens (tertiary/aromatic N) is 4. The molecule has 1 atom stereocenters. The zero-order valence-electron chi connectivity index (χ0n) is 17.3. The molecule has 5 rings (SSSR count). The molecule has 0 amide bonds. The number of piperazine rings is 1. The number of rotatable bonds is 4. The van der Waals surface area contributed by atoms with Gasteiger partial charge in [0.25, 0.3) is 0 Å². The minimum absolute atomic E-state index is 0.0159. The van der Waals surface area contributed by atoms with Gasteiger partial charge in [-0.3, -0.25) is 4.79 Å². The summed E-state index contributed by atoms with van der Waals surface area (Å²) in [7, 11) is 1.80. The topological polar surface area (TPSA) is 74.5 Å². The predicted molar refractivity (Wildman–Crippen MR) is 122 cm³/mol. The maximum atomic E-state index is 12.9. The summed E-state index contributed by atoms with van der Waals surface area (Å²) in [6.07, 6.45) is 2.73. The van der Waals surface area contributed by atoms with Gasteiger partial charge in [-0.1, -0.05) is 17.7 Å². The Kier molecular flexibility index (Phi) is 5.28. The third-order valence-corrected chi connectivity index (χ3v) is 6.28. The second kappa shape index (κ2) is 8.23. The van der Waals surface area contributed by atoms with Gasteiger partial charge in [0.15, 0.2) is 5.78 Å². The fourth-order valence-corrected chi connectivity index (χ4v) is 4.64. The minimum atomic E-state index is 0.0159. The Morgan fingerprint density at radius 3 is 2.58 bits per heavy atom. The summed E-state index contributed by atoms with van der Waals surface area (Å²) in [5, 5.41) is 3.85. The molecule has 0 bridgehead atoms. The van der Waals surface area contributed by atoms with Crippen molar-refractivity contribution in [3.8, 4) is 0 Å². The lowest BCUT2D eigenvalue weighted by atomic mass is 9.84. The number of carbonyl (C=O) groups is 1. The number of hydrogen-bond acceptors (Lipinski definition) is 7. The van der Waals surface area contributed by atoms with Gasteiger partial charge >= 0.3 is 0 Å². The van der Waals surface area contributed by atoms with Crippen LogP contribution in [0.4, 0.5) is 17.5 Å². The molecule has 0 radical (unpaired) electrons. The Hall–Kier alpha value is -3.06. The van der Waals surface area contributed by atoms with Crippen LogP contribution in [-0.2, 0) is 6.42 Å². The summed E-state index contributed by atoms with van der Waals surface area (Å²) in [4.78, 5) is 26.9. The second-order valence-corrected chi connectivity index (χ2v) is 8.38. The molecule has 160 valence electrons. The van der Waals surface area contributed by atoms with Crippen LogP contribution >= 0.6 is 11.6 Å². The smallest absolute Gasteiger partial charge is 0.227 e. The molecule has 1 fully saturated rings. The molecule has 1 aliphatic carbocycles. The first-order valence-corrected chi connectivity index (χ1v) is 10.9. The van der Waals surface area contributed by atoms with E-state index >= 15 is 0 Å². The van der Waals surface area contributed by atoms with Gasteiger partial charge in [0, 0.05) is 62.7 Å². The first-order chi connectivity index (χ1) is 15.1. The number of benzene rings is 1. The van der Waals surface area contributed by atoms with Crippen molar-refractivity contribution in [3.05, 3.63) is 64.7 Å². The number of anilines is 3. The number of hydrogen-bond donors (Lipinski definition) is 1. The number of fused-ring (bicyclic) bond motifs is 1. The third-order valence-electron chi connectivity index (χ3n) is 6.04. The van der Waals surface area contributed by atoms with E-state index in [9.17, 15) is 4.79 Å². The molecule has 1 aromatic carbocycles. The molecule has 31 heavy (non-hydrogen) atoms. The molecule has 1 saturated heterocycles. The van der Waals surface area contributed by atoms with Gasteiger partial charge in [-0.05, 0) is 30.3 Å². The first kappa shape index (κ1) is 19.9. The van der Waals surface area contributed by atoms with Crippen LogP contribution in [0.3, 0.4) is 0 Å². The van der Waals surface area contributed by atoms with E-state index in [4.69, 9.17) is 26.0 Å². The van der Waals surface area contributed by atoms with Crippen LogP contribution in [-0.4, -0.2) is 49.0 Å². The van der Waals surface area contributed by atoms with E-state index in [1.54, 1.807) is 13.3 Å². The van der Waals surface area contributed by atoms with Gasteiger partial charge in [0.05, 0.1) is 17.5 Å². The molecule has 0 spiro atoms. The van der Waals surface area contributed by atoms with Crippen molar-refractivity contribution in [2.45, 2.75) is 18.8 Å². The highest BCUT2D eigenvalue weighted by atomic mass is 35.5. The van der Waals surface area contributed by atoms with Gasteiger partial charge in [-0.25, -0.2) is 4.98 Å². The van der Waals surface area contributed by atoms with E-state index in [1.165, 1.54) is 0 Å². The van der Waals surface area contributed by atoms with Crippen LogP contribution in [0.5, 0.6) is 0 Å². The lowest BCUT2D eigenvalue weighted by molar-refractivity contribution is 0.0959. The Morgan fingerprint density at radius 2 is 1.87 bits per heavy atom. The zero-order chi connectivity index (χ0) is 21.4. The monoisotopic (exact) mass is 437 g/mol. The van der Waals surface area contributed by atoms with Crippen LogP contribution in [0.25, 0.3) is 0 Å². The normalized spacial score (nSPS) is 18.8. The fraction of sp³-hybridized carbons (Fsp3) is 0.348. The molecule has 3 heterocycles. The number of ketones is 1. The maximum absolute atomic E-state index is 12.9. The average Bonchev–Trinajstić information content (AvgIpc) is 3.33. The number of carbonyl (C=O) groups excluding carboxylic acids is 1. The Bertz CT molecular complexity index is 1090. The minimum Gasteiger partial charge on any atom is -0.469 e. The molecular weight excluding hydrogens is 414 g/mol. The highest BCUT2D eigenvalue weighted by molar-refractivity contribution is 6.30. The summed E-state index contributed by atoms with van der Waals surface area (Å²) in [6.45, 7) is 3.29. The summed E-state index contributed by atoms with van der Waals surface area (Å²) in [5.74, 6) is 2.19. The number of Topliss-reactive ketones (excluding diaryl/α,β-unsaturated/α-hetero) is 1. The van der Waals surface area contributed by atoms with Gasteiger partial charge in [0.2, 0.25) is 5.95 Å². The van der Waals surface area contributed by atoms with E-state index in [0.29, 0.717) is 30.2 Å². The van der Waals surface area contributed by atoms with E-state index < -0.39 is 0 Å². The molecule has 0 unspecified atom stereocenters. The SMILES string of the molecule is CNc1nc(N2CCN(c3cccc(Cl)c3)CC2)nc2c1C(=O)C[C@@H](c1ccco1)C2. The van der Waals surface area contributed by atoms with Crippen LogP contribution in [0, 0.1) is 0 Å². The first-order valence-electron chi connectivity index (χ1n) is 10.5. The van der Waals surface area contributed by atoms with Crippen LogP contribution in [0.15, 0.2) is 47.1 Å². The molecule has 7 nitrogen and oxygen atoms in total. The van der Waals surface area contributed by atoms with Crippen molar-refractivity contribution in [1.29, 1.82) is 0 Å². The lowest BCUT2D eigenvalue weighted by Gasteiger charge is -2.36. The number of halogens is 1. The van der Waals surface area contributed by atoms with Crippen molar-refractivity contribution < 1.29 is 9.21 Å². The van der Waals surface area contributed by atoms with E-state index in [2.05, 4.69) is 21.2 Å². The van der Waals surface area contributed by atoms with Gasteiger partial charge in [-0.15, -0.1) is 0 Å². The van der Waals surface area contributed by atoms with Crippen molar-refractivity contribution in [2.75, 3.05) is 48.3 Å². The number of aromatic nitrogens is 2. The highest BCUT2D eigenvalue weighted by Crippen LogP contribution is 2.35. The second-order valence-electron chi connectivity index (χ2n) is 7.94. The maximum Gasteiger partial charge on any atom is 0.227 e. The molecule has 8 heteroatoms. The van der Waals surface area contributed by atoms with Gasteiger partial charge in [0.1, 0.15) is 11.6 Å². The van der Waals surface area contributed by atoms with E-state index in [1.807, 2.05) is 30.3 Å². The van der Waals surface area contributed by atoms with Gasteiger partial charge in [-0.2, -0.15) is 4.98 Å². The van der Waals surface area contributed by atoms with Crippen molar-refractivity contribution in [3.63, 3.8) is 0 Å². The number of nitrogens with one attached hydrogen (secondary N) is 1. The average molecular weight is 438 g/mol. The van der Waals surface area contributed by atoms with Crippen molar-refractivity contribution in [1.82, 2.24) is 9.97 Å². The van der Waals surface area contributed by atoms with Crippen molar-refractivity contribution >= 4 is 34.8 Å². The molecule has 0 saturated carbocycles. The molecule has 1 N–H and O–H groups in total. The van der Waals surface area contributed by atoms with Crippen LogP contribution in [0.1, 0.15) is 34.2 Å². The molecule has 1 aliphatic heterocycles. The fourth-order valence-electron chi connectivity index (χ4n) is 4.45. The van der Waals surface area contributed by atoms with Crippen LogP contribution in [0.2, 0.25) is 5.02 Å². The quantitative estimate of drug-likeness (QED) is 0.661. The van der Waals surface area contributed by atoms with Crippen molar-refractivity contribution in [2.24, 2.45) is 0 Å². The molecule has 2 aliphatic rings.